The van der Waals surface area contributed by atoms with Gasteiger partial charge in [-0.15, -0.1) is 0 Å². The highest BCUT2D eigenvalue weighted by molar-refractivity contribution is 7.86. The van der Waals surface area contributed by atoms with Gasteiger partial charge in [0.25, 0.3) is 10.1 Å². The fourth-order valence-electron chi connectivity index (χ4n) is 2.67. The Morgan fingerprint density at radius 1 is 0.750 bits per heavy atom. The first-order valence-corrected chi connectivity index (χ1v) is 8.70. The third-order valence-corrected chi connectivity index (χ3v) is 4.67. The lowest BCUT2D eigenvalue weighted by atomic mass is 10.1. The molecule has 0 spiro atoms. The van der Waals surface area contributed by atoms with Gasteiger partial charge in [-0.05, 0) is 24.3 Å². The van der Waals surface area contributed by atoms with Crippen LogP contribution in [0.25, 0.3) is 33.2 Å². The monoisotopic (exact) mass is 336 g/mol. The highest BCUT2D eigenvalue weighted by Gasteiger charge is 2.20. The number of pyridine rings is 2. The van der Waals surface area contributed by atoms with Gasteiger partial charge in [0.1, 0.15) is 10.6 Å². The molecule has 0 unspecified atom stereocenters. The summed E-state index contributed by atoms with van der Waals surface area (Å²) >= 11 is 0. The minimum atomic E-state index is -4.43. The van der Waals surface area contributed by atoms with Gasteiger partial charge in [0.05, 0.1) is 16.7 Å². The Kier molecular flexibility index (Phi) is 3.30. The van der Waals surface area contributed by atoms with E-state index in [2.05, 4.69) is 9.97 Å². The molecule has 5 nitrogen and oxygen atoms in total. The van der Waals surface area contributed by atoms with Crippen molar-refractivity contribution >= 4 is 31.9 Å². The van der Waals surface area contributed by atoms with Crippen LogP contribution in [0.1, 0.15) is 0 Å². The van der Waals surface area contributed by atoms with Crippen LogP contribution in [0.5, 0.6) is 0 Å². The molecule has 118 valence electrons. The van der Waals surface area contributed by atoms with E-state index in [1.165, 1.54) is 6.07 Å². The summed E-state index contributed by atoms with van der Waals surface area (Å²) in [5, 5.41) is 1.57. The van der Waals surface area contributed by atoms with E-state index in [9.17, 15) is 13.0 Å². The van der Waals surface area contributed by atoms with Crippen molar-refractivity contribution in [2.75, 3.05) is 0 Å². The number of para-hydroxylation sites is 2. The Morgan fingerprint density at radius 2 is 1.38 bits per heavy atom. The molecule has 6 heteroatoms. The lowest BCUT2D eigenvalue weighted by Crippen LogP contribution is -2.04. The van der Waals surface area contributed by atoms with E-state index in [0.717, 1.165) is 10.9 Å². The van der Waals surface area contributed by atoms with Gasteiger partial charge in [0.2, 0.25) is 0 Å². The molecule has 24 heavy (non-hydrogen) atoms. The average Bonchev–Trinajstić information content (AvgIpc) is 2.59. The van der Waals surface area contributed by atoms with Crippen molar-refractivity contribution in [3.8, 4) is 11.4 Å². The van der Waals surface area contributed by atoms with Crippen LogP contribution >= 0.6 is 0 Å². The van der Waals surface area contributed by atoms with Crippen molar-refractivity contribution in [1.29, 1.82) is 0 Å². The summed E-state index contributed by atoms with van der Waals surface area (Å²) in [6.07, 6.45) is 0. The number of fused-ring (bicyclic) bond motifs is 2. The molecule has 2 aromatic heterocycles. The van der Waals surface area contributed by atoms with Crippen LogP contribution in [-0.4, -0.2) is 22.9 Å². The van der Waals surface area contributed by atoms with Crippen LogP contribution in [0.3, 0.4) is 0 Å². The maximum Gasteiger partial charge on any atom is 0.296 e. The van der Waals surface area contributed by atoms with E-state index in [-0.39, 0.29) is 10.6 Å². The Hall–Kier alpha value is -2.83. The van der Waals surface area contributed by atoms with E-state index >= 15 is 0 Å². The van der Waals surface area contributed by atoms with Gasteiger partial charge < -0.3 is 0 Å². The molecular formula is C18H12N2O3S. The van der Waals surface area contributed by atoms with Gasteiger partial charge in [-0.1, -0.05) is 42.5 Å². The smallest absolute Gasteiger partial charge is 0.282 e. The van der Waals surface area contributed by atoms with Crippen LogP contribution in [0, 0.1) is 0 Å². The molecule has 2 heterocycles. The molecule has 0 aliphatic rings. The van der Waals surface area contributed by atoms with Gasteiger partial charge in [0, 0.05) is 10.8 Å². The van der Waals surface area contributed by atoms with Gasteiger partial charge >= 0.3 is 0 Å². The largest absolute Gasteiger partial charge is 0.296 e. The number of nitrogens with zero attached hydrogens (tertiary/aromatic N) is 2. The first-order chi connectivity index (χ1) is 11.5. The van der Waals surface area contributed by atoms with Crippen molar-refractivity contribution in [3.63, 3.8) is 0 Å². The van der Waals surface area contributed by atoms with E-state index < -0.39 is 10.1 Å². The quantitative estimate of drug-likeness (QED) is 0.565. The van der Waals surface area contributed by atoms with Crippen LogP contribution in [0.15, 0.2) is 71.6 Å². The fourth-order valence-corrected chi connectivity index (χ4v) is 3.35. The molecule has 0 atom stereocenters. The highest BCUT2D eigenvalue weighted by Crippen LogP contribution is 2.29. The predicted octanol–water partition coefficient (Wildman–Crippen LogP) is 3.70. The second kappa shape index (κ2) is 5.36. The van der Waals surface area contributed by atoms with Crippen molar-refractivity contribution < 1.29 is 13.0 Å². The van der Waals surface area contributed by atoms with Crippen molar-refractivity contribution in [3.05, 3.63) is 66.7 Å². The molecule has 0 aliphatic heterocycles. The zero-order valence-corrected chi connectivity index (χ0v) is 13.2. The van der Waals surface area contributed by atoms with Gasteiger partial charge in [-0.2, -0.15) is 8.42 Å². The fraction of sp³-hybridized carbons (Fsp3) is 0. The predicted molar refractivity (Wildman–Crippen MR) is 92.3 cm³/mol. The molecule has 0 fully saturated rings. The van der Waals surface area contributed by atoms with E-state index in [4.69, 9.17) is 0 Å². The molecule has 0 amide bonds. The Labute approximate surface area is 138 Å². The molecule has 0 radical (unpaired) electrons. The Balaban J connectivity index is 2.06. The highest BCUT2D eigenvalue weighted by atomic mass is 32.2. The molecule has 2 aromatic carbocycles. The van der Waals surface area contributed by atoms with Crippen LogP contribution < -0.4 is 0 Å². The Bertz CT molecular complexity index is 1190. The molecule has 0 aliphatic carbocycles. The number of hydrogen-bond donors (Lipinski definition) is 1. The van der Waals surface area contributed by atoms with Crippen LogP contribution in [0.4, 0.5) is 0 Å². The number of rotatable bonds is 2. The van der Waals surface area contributed by atoms with E-state index in [1.807, 2.05) is 36.4 Å². The van der Waals surface area contributed by atoms with Gasteiger partial charge in [-0.3, -0.25) is 4.55 Å². The number of hydrogen-bond acceptors (Lipinski definition) is 4. The number of aromatic nitrogens is 2. The molecule has 0 saturated carbocycles. The van der Waals surface area contributed by atoms with Crippen molar-refractivity contribution in [1.82, 2.24) is 9.97 Å². The third-order valence-electron chi connectivity index (χ3n) is 3.81. The lowest BCUT2D eigenvalue weighted by molar-refractivity contribution is 0.483. The normalized spacial score (nSPS) is 11.9. The summed E-state index contributed by atoms with van der Waals surface area (Å²) in [7, 11) is -4.43. The number of benzene rings is 2. The summed E-state index contributed by atoms with van der Waals surface area (Å²) in [4.78, 5) is 8.66. The van der Waals surface area contributed by atoms with Crippen molar-refractivity contribution in [2.24, 2.45) is 0 Å². The molecule has 4 rings (SSSR count). The second-order valence-electron chi connectivity index (χ2n) is 5.39. The topological polar surface area (TPSA) is 80.2 Å². The van der Waals surface area contributed by atoms with Crippen LogP contribution in [0.2, 0.25) is 0 Å². The summed E-state index contributed by atoms with van der Waals surface area (Å²) in [6, 6.07) is 19.6. The second-order valence-corrected chi connectivity index (χ2v) is 6.78. The van der Waals surface area contributed by atoms with Crippen molar-refractivity contribution in [2.45, 2.75) is 4.90 Å². The van der Waals surface area contributed by atoms with Gasteiger partial charge in [-0.25, -0.2) is 9.97 Å². The first kappa shape index (κ1) is 14.7. The Morgan fingerprint density at radius 3 is 2.08 bits per heavy atom. The average molecular weight is 336 g/mol. The maximum absolute atomic E-state index is 11.8. The summed E-state index contributed by atoms with van der Waals surface area (Å²) < 4.78 is 33.3. The van der Waals surface area contributed by atoms with E-state index in [0.29, 0.717) is 16.6 Å². The van der Waals surface area contributed by atoms with E-state index in [1.54, 1.807) is 24.3 Å². The molecule has 4 aromatic rings. The SMILES string of the molecule is O=S(=O)(O)c1cc2ccccc2nc1-c1ccc2ccccc2n1. The minimum absolute atomic E-state index is 0.141. The molecule has 0 bridgehead atoms. The minimum Gasteiger partial charge on any atom is -0.282 e. The zero-order chi connectivity index (χ0) is 16.7. The molecule has 0 saturated heterocycles. The first-order valence-electron chi connectivity index (χ1n) is 7.26. The van der Waals surface area contributed by atoms with Crippen LogP contribution in [-0.2, 0) is 10.1 Å². The lowest BCUT2D eigenvalue weighted by Gasteiger charge is -2.09. The summed E-state index contributed by atoms with van der Waals surface area (Å²) in [5.41, 5.74) is 1.90. The third kappa shape index (κ3) is 2.51. The maximum atomic E-state index is 11.8. The molecular weight excluding hydrogens is 324 g/mol. The zero-order valence-electron chi connectivity index (χ0n) is 12.4. The summed E-state index contributed by atoms with van der Waals surface area (Å²) in [6.45, 7) is 0. The standard InChI is InChI=1S/C18H12N2O3S/c21-24(22,23)17-11-13-6-2-4-8-15(13)20-18(17)16-10-9-12-5-1-3-7-14(12)19-16/h1-11H,(H,21,22,23). The summed E-state index contributed by atoms with van der Waals surface area (Å²) in [5.74, 6) is 0. The molecule has 1 N–H and O–H groups in total. The van der Waals surface area contributed by atoms with Gasteiger partial charge in [0.15, 0.2) is 0 Å².